The van der Waals surface area contributed by atoms with Gasteiger partial charge in [-0.2, -0.15) is 0 Å². The molecule has 48 heavy (non-hydrogen) atoms. The van der Waals surface area contributed by atoms with Crippen molar-refractivity contribution in [1.82, 2.24) is 21.0 Å². The Morgan fingerprint density at radius 2 is 1.48 bits per heavy atom. The van der Waals surface area contributed by atoms with Crippen molar-refractivity contribution in [1.29, 1.82) is 0 Å². The predicted octanol–water partition coefficient (Wildman–Crippen LogP) is 1.57. The van der Waals surface area contributed by atoms with Crippen molar-refractivity contribution in [3.63, 3.8) is 0 Å². The topological polar surface area (TPSA) is 232 Å². The van der Waals surface area contributed by atoms with E-state index in [4.69, 9.17) is 15.3 Å². The number of esters is 1. The predicted molar refractivity (Wildman–Crippen MR) is 171 cm³/mol. The second-order valence-corrected chi connectivity index (χ2v) is 12.0. The summed E-state index contributed by atoms with van der Waals surface area (Å²) in [7, 11) is 0. The summed E-state index contributed by atoms with van der Waals surface area (Å²) in [5.41, 5.74) is 6.27. The van der Waals surface area contributed by atoms with Crippen molar-refractivity contribution in [3.8, 4) is 0 Å². The molecule has 1 saturated heterocycles. The molecule has 16 nitrogen and oxygen atoms in total. The number of primary amides is 1. The van der Waals surface area contributed by atoms with E-state index in [0.29, 0.717) is 17.2 Å². The van der Waals surface area contributed by atoms with Crippen LogP contribution in [0.3, 0.4) is 0 Å². The Kier molecular flexibility index (Phi) is 16.0. The number of nitrogens with two attached hydrogens (primary N) is 1. The van der Waals surface area contributed by atoms with Gasteiger partial charge in [0, 0.05) is 37.9 Å². The molecule has 0 bridgehead atoms. The molecule has 6 N–H and O–H groups in total. The average Bonchev–Trinajstić information content (AvgIpc) is 3.34. The van der Waals surface area contributed by atoms with Gasteiger partial charge in [0.05, 0.1) is 5.92 Å². The first-order valence-electron chi connectivity index (χ1n) is 15.9. The van der Waals surface area contributed by atoms with Gasteiger partial charge in [-0.15, -0.1) is 5.06 Å². The second kappa shape index (κ2) is 19.6. The summed E-state index contributed by atoms with van der Waals surface area (Å²) < 4.78 is 5.22. The first-order valence-corrected chi connectivity index (χ1v) is 15.9. The van der Waals surface area contributed by atoms with Crippen LogP contribution >= 0.6 is 0 Å². The van der Waals surface area contributed by atoms with Crippen LogP contribution in [0.15, 0.2) is 24.3 Å². The minimum Gasteiger partial charge on any atom is -0.461 e. The van der Waals surface area contributed by atoms with Crippen LogP contribution < -0.4 is 27.0 Å². The standard InChI is InChI=1S/C32H46N6O10/c1-19(2)28(37-24(39)9-5-6-10-27(42)48-38-25(40)15-16-26(38)41)30(44)36-23(8-7-17-34-32(33)46)29(43)35-22-13-11-21(12-14-22)18-47-31(45)20(3)4/h11-14,19-20,23,28H,5-10,15-18H2,1-4H3,(H,35,43)(H,36,44)(H,37,39)(H3,33,34,46)/t23-,28-/m0/s1. The van der Waals surface area contributed by atoms with Crippen LogP contribution in [-0.2, 0) is 49.7 Å². The van der Waals surface area contributed by atoms with Gasteiger partial charge in [-0.3, -0.25) is 28.8 Å². The highest BCUT2D eigenvalue weighted by Crippen LogP contribution is 2.15. The van der Waals surface area contributed by atoms with Crippen molar-refractivity contribution in [3.05, 3.63) is 29.8 Å². The van der Waals surface area contributed by atoms with Crippen LogP contribution in [0.4, 0.5) is 10.5 Å². The lowest BCUT2D eigenvalue weighted by Gasteiger charge is -2.25. The number of carbonyl (C=O) groups excluding carboxylic acids is 8. The van der Waals surface area contributed by atoms with E-state index < -0.39 is 53.6 Å². The molecule has 264 valence electrons. The minimum absolute atomic E-state index is 0.0115. The van der Waals surface area contributed by atoms with Crippen LogP contribution in [0.5, 0.6) is 0 Å². The van der Waals surface area contributed by atoms with Crippen LogP contribution in [0.1, 0.15) is 84.6 Å². The van der Waals surface area contributed by atoms with E-state index in [-0.39, 0.29) is 75.9 Å². The van der Waals surface area contributed by atoms with Gasteiger partial charge in [0.25, 0.3) is 11.8 Å². The third kappa shape index (κ3) is 13.8. The summed E-state index contributed by atoms with van der Waals surface area (Å²) in [6.45, 7) is 7.17. The van der Waals surface area contributed by atoms with E-state index in [0.717, 1.165) is 5.56 Å². The van der Waals surface area contributed by atoms with Crippen molar-refractivity contribution in [2.45, 2.75) is 97.8 Å². The Morgan fingerprint density at radius 1 is 0.854 bits per heavy atom. The third-order valence-electron chi connectivity index (χ3n) is 7.17. The maximum Gasteiger partial charge on any atom is 0.333 e. The van der Waals surface area contributed by atoms with Crippen molar-refractivity contribution < 1.29 is 47.9 Å². The first kappa shape index (κ1) is 39.2. The summed E-state index contributed by atoms with van der Waals surface area (Å²) >= 11 is 0. The molecule has 1 heterocycles. The van der Waals surface area contributed by atoms with Crippen molar-refractivity contribution >= 4 is 53.2 Å². The molecule has 1 aliphatic rings. The van der Waals surface area contributed by atoms with Gasteiger partial charge < -0.3 is 36.6 Å². The fourth-order valence-electron chi connectivity index (χ4n) is 4.42. The molecular formula is C32H46N6O10. The molecule has 2 atom stereocenters. The maximum absolute atomic E-state index is 13.3. The number of unbranched alkanes of at least 4 members (excludes halogenated alkanes) is 1. The number of anilines is 1. The number of rotatable bonds is 19. The van der Waals surface area contributed by atoms with Gasteiger partial charge in [-0.05, 0) is 49.3 Å². The minimum atomic E-state index is -1.03. The van der Waals surface area contributed by atoms with Gasteiger partial charge in [-0.1, -0.05) is 39.8 Å². The molecular weight excluding hydrogens is 628 g/mol. The number of ether oxygens (including phenoxy) is 1. The molecule has 2 rings (SSSR count). The van der Waals surface area contributed by atoms with Crippen LogP contribution in [-0.4, -0.2) is 71.2 Å². The van der Waals surface area contributed by atoms with Crippen LogP contribution in [0, 0.1) is 11.8 Å². The third-order valence-corrected chi connectivity index (χ3v) is 7.17. The molecule has 0 aromatic heterocycles. The molecule has 0 radical (unpaired) electrons. The van der Waals surface area contributed by atoms with E-state index in [9.17, 15) is 38.4 Å². The molecule has 1 fully saturated rings. The number of benzene rings is 1. The molecule has 16 heteroatoms. The Labute approximate surface area is 279 Å². The van der Waals surface area contributed by atoms with E-state index in [1.807, 2.05) is 0 Å². The number of nitrogens with zero attached hydrogens (tertiary/aromatic N) is 1. The van der Waals surface area contributed by atoms with Gasteiger partial charge >= 0.3 is 18.0 Å². The lowest BCUT2D eigenvalue weighted by atomic mass is 10.0. The van der Waals surface area contributed by atoms with E-state index in [1.165, 1.54) is 0 Å². The number of carbonyl (C=O) groups is 8. The lowest BCUT2D eigenvalue weighted by molar-refractivity contribution is -0.197. The van der Waals surface area contributed by atoms with Crippen LogP contribution in [0.25, 0.3) is 0 Å². The fourth-order valence-corrected chi connectivity index (χ4v) is 4.42. The fraction of sp³-hybridized carbons (Fsp3) is 0.562. The summed E-state index contributed by atoms with van der Waals surface area (Å²) in [4.78, 5) is 102. The summed E-state index contributed by atoms with van der Waals surface area (Å²) in [6.07, 6.45) is 0.811. The monoisotopic (exact) mass is 674 g/mol. The highest BCUT2D eigenvalue weighted by atomic mass is 16.7. The van der Waals surface area contributed by atoms with E-state index in [1.54, 1.807) is 52.0 Å². The zero-order valence-corrected chi connectivity index (χ0v) is 27.8. The number of hydrogen-bond donors (Lipinski definition) is 5. The van der Waals surface area contributed by atoms with Gasteiger partial charge in [-0.25, -0.2) is 9.59 Å². The number of hydrogen-bond acceptors (Lipinski definition) is 10. The second-order valence-electron chi connectivity index (χ2n) is 12.0. The molecule has 7 amide bonds. The maximum atomic E-state index is 13.3. The Balaban J connectivity index is 1.94. The molecule has 0 aliphatic carbocycles. The normalized spacial score (nSPS) is 13.9. The van der Waals surface area contributed by atoms with Crippen molar-refractivity contribution in [2.75, 3.05) is 11.9 Å². The summed E-state index contributed by atoms with van der Waals surface area (Å²) in [5, 5.41) is 11.0. The van der Waals surface area contributed by atoms with E-state index >= 15 is 0 Å². The molecule has 0 saturated carbocycles. The molecule has 0 unspecified atom stereocenters. The number of hydroxylamine groups is 2. The highest BCUT2D eigenvalue weighted by Gasteiger charge is 2.33. The van der Waals surface area contributed by atoms with Gasteiger partial charge in [0.1, 0.15) is 18.7 Å². The molecule has 1 aromatic rings. The Hall–Kier alpha value is -5.02. The first-order chi connectivity index (χ1) is 22.7. The van der Waals surface area contributed by atoms with E-state index in [2.05, 4.69) is 21.3 Å². The Bertz CT molecular complexity index is 1310. The van der Waals surface area contributed by atoms with Gasteiger partial charge in [0.15, 0.2) is 0 Å². The number of urea groups is 1. The average molecular weight is 675 g/mol. The van der Waals surface area contributed by atoms with Crippen molar-refractivity contribution in [2.24, 2.45) is 17.6 Å². The highest BCUT2D eigenvalue weighted by molar-refractivity contribution is 6.01. The number of imide groups is 1. The molecule has 1 aromatic carbocycles. The van der Waals surface area contributed by atoms with Gasteiger partial charge in [0.2, 0.25) is 17.7 Å². The lowest BCUT2D eigenvalue weighted by Crippen LogP contribution is -2.54. The SMILES string of the molecule is CC(C)C(=O)OCc1ccc(NC(=O)[C@H](CCCNC(N)=O)NC(=O)[C@@H](NC(=O)CCCCC(=O)ON2C(=O)CCC2=O)C(C)C)cc1. The Morgan fingerprint density at radius 3 is 2.06 bits per heavy atom. The molecule has 1 aliphatic heterocycles. The quantitative estimate of drug-likeness (QED) is 0.0807. The summed E-state index contributed by atoms with van der Waals surface area (Å²) in [6, 6.07) is 3.90. The number of nitrogens with one attached hydrogen (secondary N) is 4. The largest absolute Gasteiger partial charge is 0.461 e. The molecule has 0 spiro atoms. The number of amides is 7. The smallest absolute Gasteiger partial charge is 0.333 e. The summed E-state index contributed by atoms with van der Waals surface area (Å²) in [5.74, 6) is -4.44. The zero-order chi connectivity index (χ0) is 35.8. The van der Waals surface area contributed by atoms with Crippen LogP contribution in [0.2, 0.25) is 0 Å². The zero-order valence-electron chi connectivity index (χ0n) is 27.8.